The highest BCUT2D eigenvalue weighted by atomic mass is 32.1. The molecule has 1 aliphatic heterocycles. The summed E-state index contributed by atoms with van der Waals surface area (Å²) in [7, 11) is 0. The van der Waals surface area contributed by atoms with Crippen molar-refractivity contribution in [1.29, 1.82) is 5.26 Å². The maximum Gasteiger partial charge on any atom is 0.246 e. The molecule has 0 aliphatic carbocycles. The monoisotopic (exact) mass is 406 g/mol. The Morgan fingerprint density at radius 2 is 2.17 bits per heavy atom. The lowest BCUT2D eigenvalue weighted by molar-refractivity contribution is -0.129. The van der Waals surface area contributed by atoms with Crippen molar-refractivity contribution >= 4 is 34.4 Å². The molecule has 1 amide bonds. The molecule has 4 heterocycles. The number of carbonyl (C=O) groups excluding carboxylic acids is 1. The van der Waals surface area contributed by atoms with Crippen LogP contribution in [0.1, 0.15) is 27.4 Å². The van der Waals surface area contributed by atoms with Crippen LogP contribution in [0.5, 0.6) is 0 Å². The van der Waals surface area contributed by atoms with Crippen molar-refractivity contribution < 1.29 is 9.53 Å². The van der Waals surface area contributed by atoms with Crippen LogP contribution < -0.4 is 0 Å². The summed E-state index contributed by atoms with van der Waals surface area (Å²) in [5.41, 5.74) is 3.99. The molecule has 3 aromatic heterocycles. The van der Waals surface area contributed by atoms with Gasteiger partial charge in [0.1, 0.15) is 11.7 Å². The van der Waals surface area contributed by atoms with E-state index in [1.54, 1.807) is 28.4 Å². The van der Waals surface area contributed by atoms with Crippen LogP contribution in [0.15, 0.2) is 29.7 Å². The summed E-state index contributed by atoms with van der Waals surface area (Å²) in [6.07, 6.45) is 3.33. The number of morpholine rings is 1. The number of hydrogen-bond donors (Lipinski definition) is 0. The minimum Gasteiger partial charge on any atom is -0.378 e. The lowest BCUT2D eigenvalue weighted by atomic mass is 10.1. The van der Waals surface area contributed by atoms with Crippen molar-refractivity contribution in [3.63, 3.8) is 0 Å². The molecule has 0 unspecified atom stereocenters. The highest BCUT2D eigenvalue weighted by Gasteiger charge is 2.20. The topological polar surface area (TPSA) is 71.2 Å². The van der Waals surface area contributed by atoms with E-state index in [1.165, 1.54) is 4.88 Å². The largest absolute Gasteiger partial charge is 0.378 e. The summed E-state index contributed by atoms with van der Waals surface area (Å²) in [6.45, 7) is 6.86. The number of ether oxygens (including phenoxy) is 1. The Labute approximate surface area is 173 Å². The lowest BCUT2D eigenvalue weighted by Crippen LogP contribution is -2.39. The van der Waals surface area contributed by atoms with E-state index in [9.17, 15) is 10.1 Å². The first-order chi connectivity index (χ1) is 14.1. The maximum absolute atomic E-state index is 12.6. The zero-order chi connectivity index (χ0) is 20.4. The lowest BCUT2D eigenvalue weighted by Gasteiger charge is -2.25. The Hall–Kier alpha value is -2.95. The van der Waals surface area contributed by atoms with Crippen LogP contribution in [0, 0.1) is 25.2 Å². The van der Waals surface area contributed by atoms with Gasteiger partial charge in [-0.3, -0.25) is 4.79 Å². The fraction of sp³-hybridized carbons (Fsp3) is 0.318. The normalized spacial score (nSPS) is 14.6. The molecule has 4 rings (SSSR count). The second-order valence-electron chi connectivity index (χ2n) is 7.09. The van der Waals surface area contributed by atoms with Crippen molar-refractivity contribution in [2.75, 3.05) is 26.3 Å². The second-order valence-corrected chi connectivity index (χ2v) is 8.12. The average molecular weight is 407 g/mol. The summed E-state index contributed by atoms with van der Waals surface area (Å²) in [5, 5.41) is 12.8. The van der Waals surface area contributed by atoms with E-state index in [1.807, 2.05) is 35.9 Å². The van der Waals surface area contributed by atoms with E-state index in [2.05, 4.69) is 12.1 Å². The molecule has 29 heavy (non-hydrogen) atoms. The standard InChI is InChI=1S/C22H22N4O2S/c1-15-12-16(2)24-22-21(15)18(13-23)19(26(22)14-17-4-3-11-29-17)5-6-20(27)25-7-9-28-10-8-25/h3-6,11-12H,7-10,14H2,1-2H3. The molecule has 1 aliphatic rings. The van der Waals surface area contributed by atoms with Gasteiger partial charge in [-0.05, 0) is 43.0 Å². The molecular weight excluding hydrogens is 384 g/mol. The molecule has 0 saturated carbocycles. The Balaban J connectivity index is 1.82. The summed E-state index contributed by atoms with van der Waals surface area (Å²) in [6, 6.07) is 8.42. The first kappa shape index (κ1) is 19.4. The first-order valence-corrected chi connectivity index (χ1v) is 10.4. The zero-order valence-electron chi connectivity index (χ0n) is 16.5. The van der Waals surface area contributed by atoms with E-state index in [-0.39, 0.29) is 5.91 Å². The van der Waals surface area contributed by atoms with E-state index >= 15 is 0 Å². The Morgan fingerprint density at radius 1 is 1.38 bits per heavy atom. The van der Waals surface area contributed by atoms with Crippen molar-refractivity contribution in [2.24, 2.45) is 0 Å². The van der Waals surface area contributed by atoms with Crippen molar-refractivity contribution in [2.45, 2.75) is 20.4 Å². The molecule has 7 heteroatoms. The van der Waals surface area contributed by atoms with Crippen LogP contribution in [0.2, 0.25) is 0 Å². The number of fused-ring (bicyclic) bond motifs is 1. The zero-order valence-corrected chi connectivity index (χ0v) is 17.3. The van der Waals surface area contributed by atoms with Gasteiger partial charge in [0, 0.05) is 35.1 Å². The fourth-order valence-corrected chi connectivity index (χ4v) is 4.44. The van der Waals surface area contributed by atoms with Gasteiger partial charge >= 0.3 is 0 Å². The summed E-state index contributed by atoms with van der Waals surface area (Å²) < 4.78 is 7.36. The Bertz CT molecular complexity index is 1120. The molecule has 6 nitrogen and oxygen atoms in total. The molecule has 0 atom stereocenters. The number of carbonyl (C=O) groups is 1. The van der Waals surface area contributed by atoms with Crippen LogP contribution in [0.3, 0.4) is 0 Å². The highest BCUT2D eigenvalue weighted by Crippen LogP contribution is 2.30. The molecule has 1 fully saturated rings. The van der Waals surface area contributed by atoms with E-state index in [0.29, 0.717) is 38.4 Å². The average Bonchev–Trinajstić information content (AvgIpc) is 3.33. The fourth-order valence-electron chi connectivity index (χ4n) is 3.74. The molecule has 0 aromatic carbocycles. The number of rotatable bonds is 4. The number of nitrogens with zero attached hydrogens (tertiary/aromatic N) is 4. The van der Waals surface area contributed by atoms with Gasteiger partial charge in [-0.15, -0.1) is 11.3 Å². The number of pyridine rings is 1. The summed E-state index contributed by atoms with van der Waals surface area (Å²) in [4.78, 5) is 20.3. The molecule has 148 valence electrons. The number of aromatic nitrogens is 2. The van der Waals surface area contributed by atoms with Crippen molar-refractivity contribution in [1.82, 2.24) is 14.5 Å². The van der Waals surface area contributed by atoms with Crippen LogP contribution in [-0.4, -0.2) is 46.7 Å². The predicted octanol–water partition coefficient (Wildman–Crippen LogP) is 3.51. The van der Waals surface area contributed by atoms with Crippen LogP contribution >= 0.6 is 11.3 Å². The van der Waals surface area contributed by atoms with Gasteiger partial charge in [-0.1, -0.05) is 6.07 Å². The van der Waals surface area contributed by atoms with Gasteiger partial charge in [0.25, 0.3) is 0 Å². The first-order valence-electron chi connectivity index (χ1n) is 9.56. The third kappa shape index (κ3) is 3.82. The van der Waals surface area contributed by atoms with Gasteiger partial charge in [-0.25, -0.2) is 4.98 Å². The Morgan fingerprint density at radius 3 is 2.86 bits per heavy atom. The molecule has 0 bridgehead atoms. The van der Waals surface area contributed by atoms with E-state index in [0.717, 1.165) is 28.0 Å². The van der Waals surface area contributed by atoms with Crippen LogP contribution in [0.4, 0.5) is 0 Å². The van der Waals surface area contributed by atoms with E-state index < -0.39 is 0 Å². The third-order valence-electron chi connectivity index (χ3n) is 5.09. The number of amides is 1. The quantitative estimate of drug-likeness (QED) is 0.622. The van der Waals surface area contributed by atoms with Crippen LogP contribution in [0.25, 0.3) is 17.1 Å². The van der Waals surface area contributed by atoms with E-state index in [4.69, 9.17) is 9.72 Å². The number of aryl methyl sites for hydroxylation is 2. The molecule has 1 saturated heterocycles. The highest BCUT2D eigenvalue weighted by molar-refractivity contribution is 7.09. The van der Waals surface area contributed by atoms with Gasteiger partial charge in [0.05, 0.1) is 31.0 Å². The number of nitriles is 1. The summed E-state index contributed by atoms with van der Waals surface area (Å²) in [5.74, 6) is -0.0639. The minimum atomic E-state index is -0.0639. The summed E-state index contributed by atoms with van der Waals surface area (Å²) >= 11 is 1.66. The maximum atomic E-state index is 12.6. The van der Waals surface area contributed by atoms with Gasteiger partial charge in [0.15, 0.2) is 0 Å². The SMILES string of the molecule is Cc1cc(C)c2c(C#N)c(C=CC(=O)N3CCOCC3)n(Cc3cccs3)c2n1. The van der Waals surface area contributed by atoms with Gasteiger partial charge < -0.3 is 14.2 Å². The number of hydrogen-bond acceptors (Lipinski definition) is 5. The van der Waals surface area contributed by atoms with Crippen molar-refractivity contribution in [3.05, 3.63) is 57.0 Å². The van der Waals surface area contributed by atoms with Gasteiger partial charge in [0.2, 0.25) is 5.91 Å². The minimum absolute atomic E-state index is 0.0639. The van der Waals surface area contributed by atoms with Crippen molar-refractivity contribution in [3.8, 4) is 6.07 Å². The third-order valence-corrected chi connectivity index (χ3v) is 5.95. The molecule has 3 aromatic rings. The molecule has 0 radical (unpaired) electrons. The molecular formula is C22H22N4O2S. The van der Waals surface area contributed by atoms with Gasteiger partial charge in [-0.2, -0.15) is 5.26 Å². The second kappa shape index (κ2) is 8.19. The predicted molar refractivity (Wildman–Crippen MR) is 114 cm³/mol. The smallest absolute Gasteiger partial charge is 0.246 e. The molecule has 0 N–H and O–H groups in total. The Kier molecular flexibility index (Phi) is 5.47. The number of thiophene rings is 1. The van der Waals surface area contributed by atoms with Crippen LogP contribution in [-0.2, 0) is 16.1 Å². The molecule has 0 spiro atoms.